The van der Waals surface area contributed by atoms with E-state index >= 15 is 0 Å². The van der Waals surface area contributed by atoms with Gasteiger partial charge in [0.25, 0.3) is 5.91 Å². The average molecular weight is 288 g/mol. The fourth-order valence-corrected chi connectivity index (χ4v) is 1.90. The molecule has 0 saturated heterocycles. The number of aryl methyl sites for hydroxylation is 1. The van der Waals surface area contributed by atoms with Crippen molar-refractivity contribution in [1.29, 1.82) is 0 Å². The van der Waals surface area contributed by atoms with E-state index in [1.54, 1.807) is 18.2 Å². The molecule has 21 heavy (non-hydrogen) atoms. The van der Waals surface area contributed by atoms with E-state index in [1.807, 2.05) is 25.1 Å². The number of halogens is 1. The molecular weight excluding hydrogens is 271 g/mol. The number of nitrogens with one attached hydrogen (secondary N) is 1. The van der Waals surface area contributed by atoms with Gasteiger partial charge in [0.2, 0.25) is 0 Å². The molecule has 2 aromatic carbocycles. The Morgan fingerprint density at radius 1 is 1.24 bits per heavy atom. The first kappa shape index (κ1) is 14.8. The molecule has 0 aliphatic carbocycles. The molecule has 0 heterocycles. The van der Waals surface area contributed by atoms with E-state index in [4.69, 9.17) is 10.5 Å². The van der Waals surface area contributed by atoms with E-state index < -0.39 is 5.91 Å². The number of amides is 1. The maximum Gasteiger partial charge on any atom is 0.255 e. The SMILES string of the molecule is Cc1cccc(F)c1NCc1ccc(OCC(N)=O)cc1. The van der Waals surface area contributed by atoms with Crippen LogP contribution in [0.5, 0.6) is 5.75 Å². The summed E-state index contributed by atoms with van der Waals surface area (Å²) in [6.45, 7) is 2.20. The average Bonchev–Trinajstić information content (AvgIpc) is 2.46. The molecule has 0 spiro atoms. The Morgan fingerprint density at radius 2 is 1.95 bits per heavy atom. The number of primary amides is 1. The van der Waals surface area contributed by atoms with Gasteiger partial charge in [-0.3, -0.25) is 4.79 Å². The van der Waals surface area contributed by atoms with Crippen molar-refractivity contribution in [3.05, 3.63) is 59.4 Å². The lowest BCUT2D eigenvalue weighted by molar-refractivity contribution is -0.119. The molecular formula is C16H17FN2O2. The zero-order valence-electron chi connectivity index (χ0n) is 11.7. The molecule has 0 saturated carbocycles. The summed E-state index contributed by atoms with van der Waals surface area (Å²) in [5, 5.41) is 3.08. The summed E-state index contributed by atoms with van der Waals surface area (Å²) in [7, 11) is 0. The molecule has 5 heteroatoms. The van der Waals surface area contributed by atoms with Crippen LogP contribution in [0, 0.1) is 12.7 Å². The van der Waals surface area contributed by atoms with Crippen molar-refractivity contribution in [1.82, 2.24) is 0 Å². The fourth-order valence-electron chi connectivity index (χ4n) is 1.90. The maximum atomic E-state index is 13.7. The number of para-hydroxylation sites is 1. The predicted molar refractivity (Wildman–Crippen MR) is 79.6 cm³/mol. The Bertz CT molecular complexity index is 606. The Labute approximate surface area is 122 Å². The largest absolute Gasteiger partial charge is 0.484 e. The summed E-state index contributed by atoms with van der Waals surface area (Å²) in [6, 6.07) is 12.1. The summed E-state index contributed by atoms with van der Waals surface area (Å²) >= 11 is 0. The summed E-state index contributed by atoms with van der Waals surface area (Å²) in [6.07, 6.45) is 0. The van der Waals surface area contributed by atoms with Gasteiger partial charge in [0.1, 0.15) is 11.6 Å². The number of hydrogen-bond acceptors (Lipinski definition) is 3. The van der Waals surface area contributed by atoms with Crippen LogP contribution in [0.1, 0.15) is 11.1 Å². The van der Waals surface area contributed by atoms with Crippen LogP contribution in [0.3, 0.4) is 0 Å². The highest BCUT2D eigenvalue weighted by atomic mass is 19.1. The Kier molecular flexibility index (Phi) is 4.77. The van der Waals surface area contributed by atoms with Gasteiger partial charge in [0.15, 0.2) is 6.61 Å². The normalized spacial score (nSPS) is 10.2. The van der Waals surface area contributed by atoms with Gasteiger partial charge in [-0.2, -0.15) is 0 Å². The van der Waals surface area contributed by atoms with Gasteiger partial charge in [-0.15, -0.1) is 0 Å². The smallest absolute Gasteiger partial charge is 0.255 e. The number of hydrogen-bond donors (Lipinski definition) is 2. The fraction of sp³-hybridized carbons (Fsp3) is 0.188. The summed E-state index contributed by atoms with van der Waals surface area (Å²) < 4.78 is 18.8. The monoisotopic (exact) mass is 288 g/mol. The van der Waals surface area contributed by atoms with Crippen LogP contribution in [0.4, 0.5) is 10.1 Å². The number of nitrogens with two attached hydrogens (primary N) is 1. The van der Waals surface area contributed by atoms with Crippen LogP contribution in [-0.2, 0) is 11.3 Å². The second kappa shape index (κ2) is 6.74. The molecule has 0 aromatic heterocycles. The number of benzene rings is 2. The Balaban J connectivity index is 1.96. The molecule has 2 aromatic rings. The molecule has 0 unspecified atom stereocenters. The number of carbonyl (C=O) groups is 1. The van der Waals surface area contributed by atoms with Crippen molar-refractivity contribution >= 4 is 11.6 Å². The molecule has 1 amide bonds. The molecule has 0 radical (unpaired) electrons. The van der Waals surface area contributed by atoms with Gasteiger partial charge in [-0.05, 0) is 36.2 Å². The lowest BCUT2D eigenvalue weighted by Gasteiger charge is -2.11. The topological polar surface area (TPSA) is 64.3 Å². The third-order valence-corrected chi connectivity index (χ3v) is 3.00. The highest BCUT2D eigenvalue weighted by Gasteiger charge is 2.04. The van der Waals surface area contributed by atoms with E-state index in [0.717, 1.165) is 11.1 Å². The van der Waals surface area contributed by atoms with Crippen molar-refractivity contribution < 1.29 is 13.9 Å². The minimum Gasteiger partial charge on any atom is -0.484 e. The van der Waals surface area contributed by atoms with Gasteiger partial charge in [-0.1, -0.05) is 24.3 Å². The Morgan fingerprint density at radius 3 is 2.57 bits per heavy atom. The molecule has 0 atom stereocenters. The van der Waals surface area contributed by atoms with Crippen LogP contribution < -0.4 is 15.8 Å². The molecule has 0 fully saturated rings. The molecule has 0 aliphatic heterocycles. The minimum atomic E-state index is -0.518. The van der Waals surface area contributed by atoms with Crippen molar-refractivity contribution in [2.75, 3.05) is 11.9 Å². The van der Waals surface area contributed by atoms with E-state index in [2.05, 4.69) is 5.32 Å². The summed E-state index contributed by atoms with van der Waals surface area (Å²) in [4.78, 5) is 10.6. The quantitative estimate of drug-likeness (QED) is 0.858. The van der Waals surface area contributed by atoms with Crippen LogP contribution >= 0.6 is 0 Å². The summed E-state index contributed by atoms with van der Waals surface area (Å²) in [5.41, 5.74) is 7.34. The number of carbonyl (C=O) groups excluding carboxylic acids is 1. The van der Waals surface area contributed by atoms with Crippen LogP contribution in [0.2, 0.25) is 0 Å². The minimum absolute atomic E-state index is 0.147. The Hall–Kier alpha value is -2.56. The van der Waals surface area contributed by atoms with Crippen LogP contribution in [0.15, 0.2) is 42.5 Å². The first-order valence-electron chi connectivity index (χ1n) is 6.55. The van der Waals surface area contributed by atoms with Crippen molar-refractivity contribution in [3.63, 3.8) is 0 Å². The van der Waals surface area contributed by atoms with Crippen molar-refractivity contribution in [2.45, 2.75) is 13.5 Å². The van der Waals surface area contributed by atoms with Gasteiger partial charge in [0.05, 0.1) is 5.69 Å². The summed E-state index contributed by atoms with van der Waals surface area (Å²) in [5.74, 6) is -0.216. The standard InChI is InChI=1S/C16H17FN2O2/c1-11-3-2-4-14(17)16(11)19-9-12-5-7-13(8-6-12)21-10-15(18)20/h2-8,19H,9-10H2,1H3,(H2,18,20). The van der Waals surface area contributed by atoms with Gasteiger partial charge in [0, 0.05) is 6.54 Å². The molecule has 110 valence electrons. The zero-order valence-corrected chi connectivity index (χ0v) is 11.7. The predicted octanol–water partition coefficient (Wildman–Crippen LogP) is 2.61. The molecule has 3 N–H and O–H groups in total. The van der Waals surface area contributed by atoms with Crippen LogP contribution in [-0.4, -0.2) is 12.5 Å². The molecule has 0 aliphatic rings. The second-order valence-corrected chi connectivity index (χ2v) is 4.68. The zero-order chi connectivity index (χ0) is 15.2. The highest BCUT2D eigenvalue weighted by Crippen LogP contribution is 2.20. The first-order chi connectivity index (χ1) is 10.1. The first-order valence-corrected chi connectivity index (χ1v) is 6.55. The third-order valence-electron chi connectivity index (χ3n) is 3.00. The lowest BCUT2D eigenvalue weighted by atomic mass is 10.1. The number of ether oxygens (including phenoxy) is 1. The third kappa shape index (κ3) is 4.21. The second-order valence-electron chi connectivity index (χ2n) is 4.68. The number of rotatable bonds is 6. The van der Waals surface area contributed by atoms with E-state index in [0.29, 0.717) is 18.0 Å². The van der Waals surface area contributed by atoms with E-state index in [1.165, 1.54) is 6.07 Å². The maximum absolute atomic E-state index is 13.7. The highest BCUT2D eigenvalue weighted by molar-refractivity contribution is 5.75. The number of anilines is 1. The lowest BCUT2D eigenvalue weighted by Crippen LogP contribution is -2.19. The van der Waals surface area contributed by atoms with E-state index in [-0.39, 0.29) is 12.4 Å². The van der Waals surface area contributed by atoms with Gasteiger partial charge < -0.3 is 15.8 Å². The molecule has 2 rings (SSSR count). The van der Waals surface area contributed by atoms with E-state index in [9.17, 15) is 9.18 Å². The van der Waals surface area contributed by atoms with Gasteiger partial charge >= 0.3 is 0 Å². The van der Waals surface area contributed by atoms with Crippen molar-refractivity contribution in [2.24, 2.45) is 5.73 Å². The van der Waals surface area contributed by atoms with Gasteiger partial charge in [-0.25, -0.2) is 4.39 Å². The molecule has 0 bridgehead atoms. The van der Waals surface area contributed by atoms with Crippen LogP contribution in [0.25, 0.3) is 0 Å². The molecule has 4 nitrogen and oxygen atoms in total. The van der Waals surface area contributed by atoms with Crippen molar-refractivity contribution in [3.8, 4) is 5.75 Å².